The summed E-state index contributed by atoms with van der Waals surface area (Å²) in [6.07, 6.45) is 5.36. The first-order valence-electron chi connectivity index (χ1n) is 11.7. The number of hydrogen-bond acceptors (Lipinski definition) is 3. The summed E-state index contributed by atoms with van der Waals surface area (Å²) in [5, 5.41) is 0. The van der Waals surface area contributed by atoms with Crippen molar-refractivity contribution < 1.29 is 20.1 Å². The minimum atomic E-state index is 0. The average Bonchev–Trinajstić information content (AvgIpc) is 3.01. The largest absolute Gasteiger partial charge is 3.00 e. The molecule has 3 aromatic heterocycles. The van der Waals surface area contributed by atoms with Crippen LogP contribution in [0.1, 0.15) is 0 Å². The molecule has 0 amide bonds. The van der Waals surface area contributed by atoms with Crippen molar-refractivity contribution in [2.45, 2.75) is 0 Å². The molecule has 0 saturated carbocycles. The topological polar surface area (TPSA) is 38.7 Å². The number of hydrogen-bond donors (Lipinski definition) is 0. The van der Waals surface area contributed by atoms with Crippen LogP contribution in [-0.4, -0.2) is 15.0 Å². The molecule has 0 N–H and O–H groups in total. The SMILES string of the molecule is Brc1c[c-]c(-c2ccc(Br)cn2)cc1.[Ir+3].[c-]1ccccc1-c1ccccn1.[c-]1ccccc1-c1ccccn1. The smallest absolute Gasteiger partial charge is 0.305 e. The fraction of sp³-hybridized carbons (Fsp3) is 0. The van der Waals surface area contributed by atoms with Gasteiger partial charge < -0.3 is 15.0 Å². The molecule has 6 heteroatoms. The second kappa shape index (κ2) is 16.6. The maximum absolute atomic E-state index is 4.28. The minimum Gasteiger partial charge on any atom is -0.305 e. The van der Waals surface area contributed by atoms with Gasteiger partial charge in [-0.15, -0.1) is 118 Å². The maximum atomic E-state index is 4.28. The first kappa shape index (κ1) is 30.3. The van der Waals surface area contributed by atoms with Gasteiger partial charge >= 0.3 is 20.1 Å². The Morgan fingerprint density at radius 2 is 0.974 bits per heavy atom. The summed E-state index contributed by atoms with van der Waals surface area (Å²) in [5.74, 6) is 0. The molecule has 0 radical (unpaired) electrons. The maximum Gasteiger partial charge on any atom is 3.00 e. The second-order valence-corrected chi connectivity index (χ2v) is 9.60. The van der Waals surface area contributed by atoms with E-state index in [1.165, 1.54) is 0 Å². The molecule has 0 fully saturated rings. The Balaban J connectivity index is 0.000000160. The molecule has 3 nitrogen and oxygen atoms in total. The van der Waals surface area contributed by atoms with Crippen LogP contribution < -0.4 is 0 Å². The van der Waals surface area contributed by atoms with E-state index in [1.807, 2.05) is 115 Å². The zero-order valence-electron chi connectivity index (χ0n) is 20.6. The molecule has 3 heterocycles. The number of pyridine rings is 3. The van der Waals surface area contributed by atoms with E-state index in [0.717, 1.165) is 42.7 Å². The van der Waals surface area contributed by atoms with Gasteiger partial charge in [0.05, 0.1) is 0 Å². The van der Waals surface area contributed by atoms with Gasteiger partial charge in [0, 0.05) is 23.1 Å². The number of nitrogens with zero attached hydrogens (tertiary/aromatic N) is 3. The van der Waals surface area contributed by atoms with Crippen molar-refractivity contribution in [3.63, 3.8) is 0 Å². The third kappa shape index (κ3) is 10.1. The van der Waals surface area contributed by atoms with Crippen molar-refractivity contribution >= 4 is 31.9 Å². The van der Waals surface area contributed by atoms with Gasteiger partial charge in [-0.2, -0.15) is 0 Å². The van der Waals surface area contributed by atoms with Gasteiger partial charge in [-0.25, -0.2) is 0 Å². The van der Waals surface area contributed by atoms with E-state index < -0.39 is 0 Å². The van der Waals surface area contributed by atoms with E-state index in [2.05, 4.69) is 65.0 Å². The van der Waals surface area contributed by atoms with Crippen molar-refractivity contribution in [2.75, 3.05) is 0 Å². The van der Waals surface area contributed by atoms with Crippen LogP contribution in [0.15, 0.2) is 143 Å². The summed E-state index contributed by atoms with van der Waals surface area (Å²) in [7, 11) is 0. The van der Waals surface area contributed by atoms with Crippen LogP contribution in [0.4, 0.5) is 0 Å². The molecule has 0 aliphatic carbocycles. The monoisotopic (exact) mass is 811 g/mol. The van der Waals surface area contributed by atoms with Crippen LogP contribution >= 0.6 is 31.9 Å². The van der Waals surface area contributed by atoms with Gasteiger partial charge in [-0.05, 0) is 45.1 Å². The Labute approximate surface area is 260 Å². The van der Waals surface area contributed by atoms with Crippen molar-refractivity contribution in [3.8, 4) is 33.8 Å². The van der Waals surface area contributed by atoms with Crippen molar-refractivity contribution in [2.24, 2.45) is 0 Å². The summed E-state index contributed by atoms with van der Waals surface area (Å²) in [4.78, 5) is 12.7. The van der Waals surface area contributed by atoms with Crippen LogP contribution in [0, 0.1) is 18.2 Å². The quantitative estimate of drug-likeness (QED) is 0.168. The van der Waals surface area contributed by atoms with Crippen LogP contribution in [-0.2, 0) is 20.1 Å². The molecular weight excluding hydrogens is 790 g/mol. The molecule has 0 aliphatic rings. The van der Waals surface area contributed by atoms with Crippen LogP contribution in [0.5, 0.6) is 0 Å². The zero-order valence-corrected chi connectivity index (χ0v) is 26.2. The first-order valence-corrected chi connectivity index (χ1v) is 13.3. The molecule has 0 bridgehead atoms. The van der Waals surface area contributed by atoms with E-state index in [0.29, 0.717) is 0 Å². The summed E-state index contributed by atoms with van der Waals surface area (Å²) in [5.41, 5.74) is 5.95. The molecule has 0 spiro atoms. The standard InChI is InChI=1S/C11H6Br2N.2C11H8N.Ir/c12-9-3-1-8(2-4-9)11-6-5-10(13)7-14-11;2*1-2-6-10(7-3-1)11-8-4-5-9-12-11;/h1,3-7H;2*1-6,8-9H;/q3*-1;+3. The second-order valence-electron chi connectivity index (χ2n) is 7.76. The van der Waals surface area contributed by atoms with Gasteiger partial charge in [0.25, 0.3) is 0 Å². The molecule has 6 rings (SSSR count). The molecule has 0 saturated heterocycles. The Kier molecular flexibility index (Phi) is 12.9. The van der Waals surface area contributed by atoms with Crippen molar-refractivity contribution in [1.29, 1.82) is 0 Å². The third-order valence-corrected chi connectivity index (χ3v) is 6.04. The Morgan fingerprint density at radius 3 is 1.38 bits per heavy atom. The normalized spacial score (nSPS) is 9.59. The summed E-state index contributed by atoms with van der Waals surface area (Å²) in [6.45, 7) is 0. The van der Waals surface area contributed by atoms with Gasteiger partial charge in [-0.3, -0.25) is 0 Å². The predicted molar refractivity (Wildman–Crippen MR) is 161 cm³/mol. The predicted octanol–water partition coefficient (Wildman–Crippen LogP) is 9.17. The fourth-order valence-corrected chi connectivity index (χ4v) is 3.73. The third-order valence-electron chi connectivity index (χ3n) is 5.08. The molecule has 6 aromatic rings. The van der Waals surface area contributed by atoms with E-state index >= 15 is 0 Å². The van der Waals surface area contributed by atoms with Gasteiger partial charge in [0.15, 0.2) is 0 Å². The molecule has 0 unspecified atom stereocenters. The van der Waals surface area contributed by atoms with E-state index in [4.69, 9.17) is 0 Å². The average molecular weight is 813 g/mol. The molecular formula is C33H22Br2IrN3. The number of rotatable bonds is 3. The number of benzene rings is 3. The van der Waals surface area contributed by atoms with Crippen molar-refractivity contribution in [3.05, 3.63) is 161 Å². The van der Waals surface area contributed by atoms with E-state index in [1.54, 1.807) is 18.6 Å². The Hall–Kier alpha value is -3.28. The molecule has 39 heavy (non-hydrogen) atoms. The van der Waals surface area contributed by atoms with Crippen LogP contribution in [0.3, 0.4) is 0 Å². The summed E-state index contributed by atoms with van der Waals surface area (Å²) in [6, 6.07) is 46.6. The zero-order chi connectivity index (χ0) is 26.4. The minimum absolute atomic E-state index is 0. The first-order chi connectivity index (χ1) is 18.7. The van der Waals surface area contributed by atoms with Crippen LogP contribution in [0.2, 0.25) is 0 Å². The number of halogens is 2. The Morgan fingerprint density at radius 1 is 0.462 bits per heavy atom. The van der Waals surface area contributed by atoms with E-state index in [-0.39, 0.29) is 20.1 Å². The number of aromatic nitrogens is 3. The van der Waals surface area contributed by atoms with E-state index in [9.17, 15) is 0 Å². The Bertz CT molecular complexity index is 1290. The van der Waals surface area contributed by atoms with Gasteiger partial charge in [0.2, 0.25) is 0 Å². The molecule has 0 aliphatic heterocycles. The molecule has 0 atom stereocenters. The fourth-order valence-electron chi connectivity index (χ4n) is 3.25. The van der Waals surface area contributed by atoms with Gasteiger partial charge in [0.1, 0.15) is 0 Å². The molecule has 3 aromatic carbocycles. The summed E-state index contributed by atoms with van der Waals surface area (Å²) < 4.78 is 2.01. The summed E-state index contributed by atoms with van der Waals surface area (Å²) >= 11 is 6.72. The molecule has 192 valence electrons. The van der Waals surface area contributed by atoms with Crippen molar-refractivity contribution in [1.82, 2.24) is 15.0 Å². The van der Waals surface area contributed by atoms with Gasteiger partial charge in [-0.1, -0.05) is 40.9 Å². The van der Waals surface area contributed by atoms with Crippen LogP contribution in [0.25, 0.3) is 33.8 Å².